The van der Waals surface area contributed by atoms with Gasteiger partial charge in [0.15, 0.2) is 0 Å². The van der Waals surface area contributed by atoms with Crippen LogP contribution in [0.3, 0.4) is 0 Å². The van der Waals surface area contributed by atoms with Crippen molar-refractivity contribution in [3.63, 3.8) is 0 Å². The molecule has 0 fully saturated rings. The zero-order chi connectivity index (χ0) is 30.1. The predicted octanol–water partition coefficient (Wildman–Crippen LogP) is 5.45. The van der Waals surface area contributed by atoms with Crippen molar-refractivity contribution in [2.24, 2.45) is 5.73 Å². The second-order valence-electron chi connectivity index (χ2n) is 9.07. The van der Waals surface area contributed by atoms with Crippen molar-refractivity contribution in [1.82, 2.24) is 5.32 Å². The molecule has 0 aliphatic heterocycles. The third-order valence-electron chi connectivity index (χ3n) is 5.95. The van der Waals surface area contributed by atoms with Crippen LogP contribution in [0, 0.1) is 5.82 Å². The highest BCUT2D eigenvalue weighted by molar-refractivity contribution is 8.00. The highest BCUT2D eigenvalue weighted by atomic mass is 32.2. The molecule has 1 atom stereocenters. The molecule has 0 heterocycles. The maximum atomic E-state index is 13.4. The van der Waals surface area contributed by atoms with Crippen molar-refractivity contribution in [3.05, 3.63) is 131 Å². The van der Waals surface area contributed by atoms with E-state index in [1.54, 1.807) is 79.7 Å². The number of hydrogen-bond donors (Lipinski definition) is 4. The molecule has 4 aromatic carbocycles. The third kappa shape index (κ3) is 8.15. The standard InChI is InChI=1S/C32H27FN4O4S/c1-20(30(39)36-27-10-6-5-9-26(27)29(34)38)42-25-17-15-24(16-18-25)35-32(41)28(19-21-11-13-23(33)14-12-21)37-31(40)22-7-3-2-4-8-22/h2-20H,1H3,(H2,34,38)(H,35,41)(H,36,39)(H,37,40)/b28-19-. The van der Waals surface area contributed by atoms with E-state index in [0.717, 1.165) is 4.90 Å². The average Bonchev–Trinajstić information content (AvgIpc) is 2.99. The fourth-order valence-electron chi connectivity index (χ4n) is 3.78. The highest BCUT2D eigenvalue weighted by Crippen LogP contribution is 2.26. The summed E-state index contributed by atoms with van der Waals surface area (Å²) in [5.41, 5.74) is 7.26. The second-order valence-corrected chi connectivity index (χ2v) is 10.5. The lowest BCUT2D eigenvalue weighted by Gasteiger charge is -2.14. The maximum Gasteiger partial charge on any atom is 0.272 e. The van der Waals surface area contributed by atoms with Crippen LogP contribution in [0.4, 0.5) is 15.8 Å². The lowest BCUT2D eigenvalue weighted by Crippen LogP contribution is -2.30. The first-order valence-corrected chi connectivity index (χ1v) is 13.7. The number of benzene rings is 4. The van der Waals surface area contributed by atoms with Crippen LogP contribution >= 0.6 is 11.8 Å². The molecule has 0 aliphatic rings. The molecule has 0 saturated heterocycles. The van der Waals surface area contributed by atoms with Gasteiger partial charge in [-0.3, -0.25) is 19.2 Å². The Morgan fingerprint density at radius 2 is 1.45 bits per heavy atom. The monoisotopic (exact) mass is 582 g/mol. The van der Waals surface area contributed by atoms with E-state index in [9.17, 15) is 23.6 Å². The van der Waals surface area contributed by atoms with E-state index in [1.807, 2.05) is 0 Å². The Labute approximate surface area is 246 Å². The Morgan fingerprint density at radius 1 is 0.810 bits per heavy atom. The summed E-state index contributed by atoms with van der Waals surface area (Å²) in [7, 11) is 0. The minimum atomic E-state index is -0.640. The summed E-state index contributed by atoms with van der Waals surface area (Å²) in [6.45, 7) is 1.73. The average molecular weight is 583 g/mol. The minimum absolute atomic E-state index is 0.0320. The van der Waals surface area contributed by atoms with Crippen molar-refractivity contribution in [2.45, 2.75) is 17.1 Å². The molecule has 0 bridgehead atoms. The Hall–Kier alpha value is -5.22. The minimum Gasteiger partial charge on any atom is -0.366 e. The molecule has 5 N–H and O–H groups in total. The van der Waals surface area contributed by atoms with E-state index in [2.05, 4.69) is 16.0 Å². The molecule has 10 heteroatoms. The Kier molecular flexibility index (Phi) is 9.85. The molecule has 212 valence electrons. The number of para-hydroxylation sites is 1. The molecule has 42 heavy (non-hydrogen) atoms. The number of hydrogen-bond acceptors (Lipinski definition) is 5. The maximum absolute atomic E-state index is 13.4. The number of nitrogens with two attached hydrogens (primary N) is 1. The fraction of sp³-hybridized carbons (Fsp3) is 0.0625. The largest absolute Gasteiger partial charge is 0.366 e. The van der Waals surface area contributed by atoms with Gasteiger partial charge < -0.3 is 21.7 Å². The normalized spacial score (nSPS) is 11.7. The van der Waals surface area contributed by atoms with Gasteiger partial charge in [0, 0.05) is 16.1 Å². The van der Waals surface area contributed by atoms with Gasteiger partial charge in [-0.05, 0) is 79.2 Å². The first-order valence-electron chi connectivity index (χ1n) is 12.8. The molecule has 0 spiro atoms. The summed E-state index contributed by atoms with van der Waals surface area (Å²) in [4.78, 5) is 51.1. The number of nitrogens with one attached hydrogen (secondary N) is 3. The molecular weight excluding hydrogens is 555 g/mol. The van der Waals surface area contributed by atoms with Crippen LogP contribution in [0.25, 0.3) is 6.08 Å². The smallest absolute Gasteiger partial charge is 0.272 e. The van der Waals surface area contributed by atoms with Crippen molar-refractivity contribution in [2.75, 3.05) is 10.6 Å². The van der Waals surface area contributed by atoms with Gasteiger partial charge in [0.25, 0.3) is 17.7 Å². The molecule has 4 aromatic rings. The van der Waals surface area contributed by atoms with E-state index in [1.165, 1.54) is 48.2 Å². The van der Waals surface area contributed by atoms with Crippen LogP contribution in [-0.4, -0.2) is 28.9 Å². The highest BCUT2D eigenvalue weighted by Gasteiger charge is 2.18. The van der Waals surface area contributed by atoms with Gasteiger partial charge in [0.05, 0.1) is 16.5 Å². The zero-order valence-electron chi connectivity index (χ0n) is 22.5. The molecule has 4 amide bonds. The van der Waals surface area contributed by atoms with Crippen LogP contribution in [0.1, 0.15) is 33.2 Å². The van der Waals surface area contributed by atoms with Crippen molar-refractivity contribution >= 4 is 52.8 Å². The lowest BCUT2D eigenvalue weighted by molar-refractivity contribution is -0.115. The Morgan fingerprint density at radius 3 is 2.12 bits per heavy atom. The molecule has 0 aliphatic carbocycles. The van der Waals surface area contributed by atoms with Gasteiger partial charge in [-0.15, -0.1) is 11.8 Å². The summed E-state index contributed by atoms with van der Waals surface area (Å²) in [5.74, 6) is -2.43. The quantitative estimate of drug-likeness (QED) is 0.146. The molecule has 8 nitrogen and oxygen atoms in total. The van der Waals surface area contributed by atoms with Crippen LogP contribution < -0.4 is 21.7 Å². The molecule has 0 radical (unpaired) electrons. The van der Waals surface area contributed by atoms with Crippen LogP contribution in [0.2, 0.25) is 0 Å². The van der Waals surface area contributed by atoms with E-state index < -0.39 is 28.8 Å². The van der Waals surface area contributed by atoms with Crippen LogP contribution in [-0.2, 0) is 9.59 Å². The Bertz CT molecular complexity index is 1620. The van der Waals surface area contributed by atoms with Gasteiger partial charge >= 0.3 is 0 Å². The Balaban J connectivity index is 1.43. The third-order valence-corrected chi connectivity index (χ3v) is 7.07. The van der Waals surface area contributed by atoms with Crippen molar-refractivity contribution in [3.8, 4) is 0 Å². The molecule has 0 aromatic heterocycles. The number of carbonyl (C=O) groups is 4. The first kappa shape index (κ1) is 29.8. The van der Waals surface area contributed by atoms with E-state index in [-0.39, 0.29) is 17.2 Å². The van der Waals surface area contributed by atoms with Crippen LogP contribution in [0.5, 0.6) is 0 Å². The molecular formula is C32H27FN4O4S. The fourth-order valence-corrected chi connectivity index (χ4v) is 4.65. The van der Waals surface area contributed by atoms with Crippen LogP contribution in [0.15, 0.2) is 114 Å². The SMILES string of the molecule is CC(Sc1ccc(NC(=O)/C(=C/c2ccc(F)cc2)NC(=O)c2ccccc2)cc1)C(=O)Nc1ccccc1C(N)=O. The molecule has 4 rings (SSSR count). The zero-order valence-corrected chi connectivity index (χ0v) is 23.3. The van der Waals surface area contributed by atoms with Gasteiger partial charge in [-0.1, -0.05) is 42.5 Å². The lowest BCUT2D eigenvalue weighted by atomic mass is 10.1. The van der Waals surface area contributed by atoms with Gasteiger partial charge in [0.1, 0.15) is 11.5 Å². The van der Waals surface area contributed by atoms with E-state index >= 15 is 0 Å². The van der Waals surface area contributed by atoms with Crippen molar-refractivity contribution < 1.29 is 23.6 Å². The topological polar surface area (TPSA) is 130 Å². The number of halogens is 1. The summed E-state index contributed by atoms with van der Waals surface area (Å²) >= 11 is 1.29. The summed E-state index contributed by atoms with van der Waals surface area (Å²) in [6, 6.07) is 27.3. The van der Waals surface area contributed by atoms with E-state index in [4.69, 9.17) is 5.73 Å². The number of carbonyl (C=O) groups excluding carboxylic acids is 4. The summed E-state index contributed by atoms with van der Waals surface area (Å²) in [6.07, 6.45) is 1.45. The van der Waals surface area contributed by atoms with Gasteiger partial charge in [0.2, 0.25) is 5.91 Å². The van der Waals surface area contributed by atoms with Crippen molar-refractivity contribution in [1.29, 1.82) is 0 Å². The number of anilines is 2. The number of amides is 4. The molecule has 1 unspecified atom stereocenters. The summed E-state index contributed by atoms with van der Waals surface area (Å²) < 4.78 is 13.4. The second kappa shape index (κ2) is 13.9. The number of primary amides is 1. The number of rotatable bonds is 10. The first-order chi connectivity index (χ1) is 20.2. The predicted molar refractivity (Wildman–Crippen MR) is 162 cm³/mol. The van der Waals surface area contributed by atoms with Gasteiger partial charge in [-0.2, -0.15) is 0 Å². The van der Waals surface area contributed by atoms with Gasteiger partial charge in [-0.25, -0.2) is 4.39 Å². The van der Waals surface area contributed by atoms with E-state index in [0.29, 0.717) is 22.5 Å². The number of thioether (sulfide) groups is 1. The molecule has 0 saturated carbocycles. The summed E-state index contributed by atoms with van der Waals surface area (Å²) in [5, 5.41) is 7.61.